The molecule has 0 aliphatic rings. The normalized spacial score (nSPS) is 11.9. The number of nitrogens with one attached hydrogen (secondary N) is 1. The predicted molar refractivity (Wildman–Crippen MR) is 190 cm³/mol. The van der Waals surface area contributed by atoms with Gasteiger partial charge in [0.15, 0.2) is 0 Å². The molecule has 0 rings (SSSR count). The molecule has 0 aliphatic heterocycles. The Morgan fingerprint density at radius 1 is 0.489 bits per heavy atom. The molecule has 0 fully saturated rings. The second kappa shape index (κ2) is 35.3. The highest BCUT2D eigenvalue weighted by atomic mass is 16.5. The Kier molecular flexibility index (Phi) is 34.0. The van der Waals surface area contributed by atoms with Gasteiger partial charge in [-0.15, -0.1) is 0 Å². The van der Waals surface area contributed by atoms with E-state index in [1.807, 2.05) is 0 Å². The fourth-order valence-corrected chi connectivity index (χ4v) is 6.00. The molecule has 1 amide bonds. The highest BCUT2D eigenvalue weighted by molar-refractivity contribution is 5.84. The maximum atomic E-state index is 12.2. The summed E-state index contributed by atoms with van der Waals surface area (Å²) in [5.74, 6) is -1.73. The molecular formula is C39H75NO5. The van der Waals surface area contributed by atoms with Crippen LogP contribution in [0.5, 0.6) is 0 Å². The topological polar surface area (TPSA) is 92.7 Å². The zero-order valence-corrected chi connectivity index (χ0v) is 30.0. The monoisotopic (exact) mass is 638 g/mol. The number of ether oxygens (including phenoxy) is 1. The second-order valence-electron chi connectivity index (χ2n) is 13.5. The van der Waals surface area contributed by atoms with Gasteiger partial charge >= 0.3 is 11.9 Å². The van der Waals surface area contributed by atoms with Crippen LogP contribution >= 0.6 is 0 Å². The minimum Gasteiger partial charge on any atom is -0.480 e. The first-order valence-electron chi connectivity index (χ1n) is 19.7. The van der Waals surface area contributed by atoms with Crippen molar-refractivity contribution < 1.29 is 24.2 Å². The van der Waals surface area contributed by atoms with E-state index in [9.17, 15) is 19.5 Å². The Morgan fingerprint density at radius 3 is 1.18 bits per heavy atom. The Morgan fingerprint density at radius 2 is 0.822 bits per heavy atom. The summed E-state index contributed by atoms with van der Waals surface area (Å²) >= 11 is 0. The van der Waals surface area contributed by atoms with Crippen molar-refractivity contribution in [2.45, 2.75) is 225 Å². The van der Waals surface area contributed by atoms with Crippen LogP contribution in [-0.4, -0.2) is 35.6 Å². The Labute approximate surface area is 279 Å². The Bertz CT molecular complexity index is 668. The molecule has 0 aromatic carbocycles. The number of carbonyl (C=O) groups excluding carboxylic acids is 2. The van der Waals surface area contributed by atoms with Gasteiger partial charge in [0.1, 0.15) is 6.04 Å². The van der Waals surface area contributed by atoms with Crippen molar-refractivity contribution in [1.29, 1.82) is 0 Å². The number of unbranched alkanes of at least 4 members (excludes halogenated alkanes) is 27. The number of hydrogen-bond donors (Lipinski definition) is 2. The quantitative estimate of drug-likeness (QED) is 0.0526. The molecule has 1 atom stereocenters. The highest BCUT2D eigenvalue weighted by Gasteiger charge is 2.21. The molecule has 0 saturated carbocycles. The van der Waals surface area contributed by atoms with Crippen LogP contribution in [0.15, 0.2) is 0 Å². The van der Waals surface area contributed by atoms with Crippen molar-refractivity contribution >= 4 is 17.8 Å². The number of aliphatic carboxylic acids is 1. The maximum absolute atomic E-state index is 12.2. The van der Waals surface area contributed by atoms with E-state index in [0.29, 0.717) is 13.0 Å². The first kappa shape index (κ1) is 43.4. The zero-order chi connectivity index (χ0) is 33.1. The molecule has 2 N–H and O–H groups in total. The summed E-state index contributed by atoms with van der Waals surface area (Å²) in [5, 5.41) is 12.1. The van der Waals surface area contributed by atoms with Gasteiger partial charge in [0.2, 0.25) is 5.91 Å². The third-order valence-electron chi connectivity index (χ3n) is 9.04. The summed E-state index contributed by atoms with van der Waals surface area (Å²) in [6.45, 7) is 4.90. The molecule has 0 spiro atoms. The molecule has 0 aliphatic carbocycles. The smallest absolute Gasteiger partial charge is 0.326 e. The average Bonchev–Trinajstić information content (AvgIpc) is 3.02. The fraction of sp³-hybridized carbons (Fsp3) is 0.923. The van der Waals surface area contributed by atoms with E-state index in [4.69, 9.17) is 4.74 Å². The van der Waals surface area contributed by atoms with Gasteiger partial charge in [-0.3, -0.25) is 9.59 Å². The number of hydrogen-bond acceptors (Lipinski definition) is 4. The zero-order valence-electron chi connectivity index (χ0n) is 30.0. The first-order chi connectivity index (χ1) is 22.0. The van der Waals surface area contributed by atoms with E-state index >= 15 is 0 Å². The largest absolute Gasteiger partial charge is 0.480 e. The summed E-state index contributed by atoms with van der Waals surface area (Å²) in [7, 11) is 0. The standard InChI is InChI=1S/C39H75NO5/c1-3-5-7-9-11-13-15-16-17-18-19-20-21-23-25-27-29-31-35-45-38(42)34-33-36(39(43)44)40-37(41)32-30-28-26-24-22-14-12-10-8-6-4-2/h36H,3-35H2,1-2H3,(H,40,41)(H,43,44)/t36-/m0/s1. The molecule has 0 heterocycles. The molecule has 0 aromatic rings. The summed E-state index contributed by atoms with van der Waals surface area (Å²) in [5.41, 5.74) is 0. The molecule has 0 unspecified atom stereocenters. The number of carboxylic acid groups (broad SMARTS) is 1. The molecule has 0 radical (unpaired) electrons. The third kappa shape index (κ3) is 33.6. The summed E-state index contributed by atoms with van der Waals surface area (Å²) in [6.07, 6.45) is 37.4. The van der Waals surface area contributed by atoms with Gasteiger partial charge in [-0.05, 0) is 19.3 Å². The van der Waals surface area contributed by atoms with Gasteiger partial charge in [-0.2, -0.15) is 0 Å². The number of rotatable bonds is 36. The average molecular weight is 638 g/mol. The Balaban J connectivity index is 3.58. The van der Waals surface area contributed by atoms with E-state index in [1.165, 1.54) is 154 Å². The Hall–Kier alpha value is -1.59. The lowest BCUT2D eigenvalue weighted by atomic mass is 10.0. The lowest BCUT2D eigenvalue weighted by Crippen LogP contribution is -2.41. The molecule has 0 saturated heterocycles. The lowest BCUT2D eigenvalue weighted by Gasteiger charge is -2.14. The fourth-order valence-electron chi connectivity index (χ4n) is 6.00. The molecule has 45 heavy (non-hydrogen) atoms. The van der Waals surface area contributed by atoms with Crippen LogP contribution in [0.1, 0.15) is 219 Å². The van der Waals surface area contributed by atoms with Crippen LogP contribution in [-0.2, 0) is 19.1 Å². The van der Waals surface area contributed by atoms with Gasteiger partial charge in [0.25, 0.3) is 0 Å². The summed E-state index contributed by atoms with van der Waals surface area (Å²) < 4.78 is 5.31. The van der Waals surface area contributed by atoms with Crippen LogP contribution in [0.25, 0.3) is 0 Å². The van der Waals surface area contributed by atoms with Crippen molar-refractivity contribution in [2.75, 3.05) is 6.61 Å². The third-order valence-corrected chi connectivity index (χ3v) is 9.04. The molecule has 6 heteroatoms. The van der Waals surface area contributed by atoms with Crippen molar-refractivity contribution in [1.82, 2.24) is 5.32 Å². The van der Waals surface area contributed by atoms with Crippen molar-refractivity contribution in [3.63, 3.8) is 0 Å². The van der Waals surface area contributed by atoms with Crippen molar-refractivity contribution in [3.05, 3.63) is 0 Å². The van der Waals surface area contributed by atoms with Crippen molar-refractivity contribution in [3.8, 4) is 0 Å². The molecule has 0 bridgehead atoms. The van der Waals surface area contributed by atoms with E-state index in [2.05, 4.69) is 19.2 Å². The number of esters is 1. The van der Waals surface area contributed by atoms with Crippen LogP contribution in [0.3, 0.4) is 0 Å². The number of amides is 1. The second-order valence-corrected chi connectivity index (χ2v) is 13.5. The number of carbonyl (C=O) groups is 3. The predicted octanol–water partition coefficient (Wildman–Crippen LogP) is 11.6. The highest BCUT2D eigenvalue weighted by Crippen LogP contribution is 2.15. The van der Waals surface area contributed by atoms with E-state index in [0.717, 1.165) is 32.1 Å². The van der Waals surface area contributed by atoms with Crippen molar-refractivity contribution in [2.24, 2.45) is 0 Å². The molecular weight excluding hydrogens is 562 g/mol. The van der Waals surface area contributed by atoms with E-state index in [1.54, 1.807) is 0 Å². The van der Waals surface area contributed by atoms with Crippen LogP contribution in [0.4, 0.5) is 0 Å². The number of carboxylic acids is 1. The lowest BCUT2D eigenvalue weighted by molar-refractivity contribution is -0.145. The SMILES string of the molecule is CCCCCCCCCCCCCCCCCCCCOC(=O)CC[C@H](NC(=O)CCCCCCCCCCCCC)C(=O)O. The summed E-state index contributed by atoms with van der Waals surface area (Å²) in [4.78, 5) is 35.9. The van der Waals surface area contributed by atoms with Gasteiger partial charge < -0.3 is 15.2 Å². The van der Waals surface area contributed by atoms with E-state index in [-0.39, 0.29) is 24.7 Å². The van der Waals surface area contributed by atoms with Crippen LogP contribution < -0.4 is 5.32 Å². The minimum absolute atomic E-state index is 0.00867. The molecule has 266 valence electrons. The summed E-state index contributed by atoms with van der Waals surface area (Å²) in [6, 6.07) is -1.04. The van der Waals surface area contributed by atoms with E-state index < -0.39 is 12.0 Å². The van der Waals surface area contributed by atoms with Crippen LogP contribution in [0.2, 0.25) is 0 Å². The van der Waals surface area contributed by atoms with Gasteiger partial charge in [0.05, 0.1) is 6.61 Å². The van der Waals surface area contributed by atoms with Gasteiger partial charge in [-0.1, -0.05) is 187 Å². The van der Waals surface area contributed by atoms with Crippen LogP contribution in [0, 0.1) is 0 Å². The van der Waals surface area contributed by atoms with Gasteiger partial charge in [0, 0.05) is 12.8 Å². The maximum Gasteiger partial charge on any atom is 0.326 e. The van der Waals surface area contributed by atoms with Gasteiger partial charge in [-0.25, -0.2) is 4.79 Å². The minimum atomic E-state index is -1.10. The first-order valence-corrected chi connectivity index (χ1v) is 19.7. The molecule has 0 aromatic heterocycles. The molecule has 6 nitrogen and oxygen atoms in total.